The van der Waals surface area contributed by atoms with E-state index in [1.54, 1.807) is 12.1 Å². The van der Waals surface area contributed by atoms with E-state index >= 15 is 0 Å². The number of halogens is 1. The molecule has 6 heteroatoms. The Bertz CT molecular complexity index is 501. The van der Waals surface area contributed by atoms with Crippen molar-refractivity contribution in [2.24, 2.45) is 0 Å². The van der Waals surface area contributed by atoms with Crippen LogP contribution in [0.25, 0.3) is 0 Å². The first-order valence-electron chi connectivity index (χ1n) is 6.35. The van der Waals surface area contributed by atoms with Gasteiger partial charge < -0.3 is 20.1 Å². The number of hydrogen-bond acceptors (Lipinski definition) is 4. The summed E-state index contributed by atoms with van der Waals surface area (Å²) in [4.78, 5) is 12.2. The Morgan fingerprint density at radius 2 is 2.32 bits per heavy atom. The Morgan fingerprint density at radius 1 is 1.42 bits per heavy atom. The third-order valence-electron chi connectivity index (χ3n) is 3.32. The SMILES string of the molecule is O=C(N[C@H]1CCCNC1)c1cc(Cl)c2c(c1)OCO2. The number of piperidine rings is 1. The van der Waals surface area contributed by atoms with Gasteiger partial charge in [-0.3, -0.25) is 4.79 Å². The molecule has 1 aromatic carbocycles. The van der Waals surface area contributed by atoms with Crippen LogP contribution >= 0.6 is 11.6 Å². The number of nitrogens with one attached hydrogen (secondary N) is 2. The summed E-state index contributed by atoms with van der Waals surface area (Å²) in [7, 11) is 0. The zero-order valence-corrected chi connectivity index (χ0v) is 11.1. The molecule has 1 atom stereocenters. The Hall–Kier alpha value is -1.46. The number of carbonyl (C=O) groups is 1. The zero-order chi connectivity index (χ0) is 13.2. The average molecular weight is 283 g/mol. The van der Waals surface area contributed by atoms with E-state index in [0.717, 1.165) is 25.9 Å². The maximum Gasteiger partial charge on any atom is 0.251 e. The average Bonchev–Trinajstić information content (AvgIpc) is 2.88. The van der Waals surface area contributed by atoms with Gasteiger partial charge in [-0.1, -0.05) is 11.6 Å². The first-order chi connectivity index (χ1) is 9.24. The summed E-state index contributed by atoms with van der Waals surface area (Å²) in [5.74, 6) is 0.908. The minimum absolute atomic E-state index is 0.131. The molecule has 0 unspecified atom stereocenters. The first-order valence-corrected chi connectivity index (χ1v) is 6.72. The molecule has 1 saturated heterocycles. The van der Waals surface area contributed by atoms with Crippen molar-refractivity contribution in [3.8, 4) is 11.5 Å². The van der Waals surface area contributed by atoms with Crippen LogP contribution in [-0.2, 0) is 0 Å². The third kappa shape index (κ3) is 2.62. The van der Waals surface area contributed by atoms with Gasteiger partial charge in [-0.05, 0) is 31.5 Å². The van der Waals surface area contributed by atoms with Crippen LogP contribution in [-0.4, -0.2) is 31.8 Å². The standard InChI is InChI=1S/C13H15ClN2O3/c14-10-4-8(5-11-12(10)19-7-18-11)13(17)16-9-2-1-3-15-6-9/h4-5,9,15H,1-3,6-7H2,(H,16,17)/t9-/m0/s1. The third-order valence-corrected chi connectivity index (χ3v) is 3.60. The van der Waals surface area contributed by atoms with Crippen LogP contribution in [0.2, 0.25) is 5.02 Å². The molecule has 0 radical (unpaired) electrons. The van der Waals surface area contributed by atoms with Gasteiger partial charge in [0.2, 0.25) is 6.79 Å². The highest BCUT2D eigenvalue weighted by Crippen LogP contribution is 2.39. The molecule has 0 saturated carbocycles. The number of ether oxygens (including phenoxy) is 2. The molecule has 2 aliphatic rings. The van der Waals surface area contributed by atoms with Crippen molar-refractivity contribution in [2.75, 3.05) is 19.9 Å². The summed E-state index contributed by atoms with van der Waals surface area (Å²) in [5, 5.41) is 6.66. The predicted octanol–water partition coefficient (Wildman–Crippen LogP) is 1.55. The second-order valence-corrected chi connectivity index (χ2v) is 5.12. The molecule has 3 rings (SSSR count). The largest absolute Gasteiger partial charge is 0.454 e. The summed E-state index contributed by atoms with van der Waals surface area (Å²) in [6, 6.07) is 3.45. The molecule has 0 aliphatic carbocycles. The van der Waals surface area contributed by atoms with Gasteiger partial charge >= 0.3 is 0 Å². The highest BCUT2D eigenvalue weighted by atomic mass is 35.5. The van der Waals surface area contributed by atoms with E-state index in [4.69, 9.17) is 21.1 Å². The van der Waals surface area contributed by atoms with E-state index in [1.807, 2.05) is 0 Å². The molecule has 19 heavy (non-hydrogen) atoms. The van der Waals surface area contributed by atoms with Crippen LogP contribution in [0, 0.1) is 0 Å². The van der Waals surface area contributed by atoms with Gasteiger partial charge in [-0.2, -0.15) is 0 Å². The summed E-state index contributed by atoms with van der Waals surface area (Å²) < 4.78 is 10.5. The Balaban J connectivity index is 1.74. The lowest BCUT2D eigenvalue weighted by molar-refractivity contribution is 0.0930. The highest BCUT2D eigenvalue weighted by Gasteiger charge is 2.22. The van der Waals surface area contributed by atoms with Crippen molar-refractivity contribution in [1.82, 2.24) is 10.6 Å². The topological polar surface area (TPSA) is 59.6 Å². The van der Waals surface area contributed by atoms with Crippen LogP contribution in [0.15, 0.2) is 12.1 Å². The number of benzene rings is 1. The molecule has 1 amide bonds. The number of rotatable bonds is 2. The maximum absolute atomic E-state index is 12.2. The van der Waals surface area contributed by atoms with Crippen LogP contribution in [0.4, 0.5) is 0 Å². The molecule has 2 aliphatic heterocycles. The van der Waals surface area contributed by atoms with Gasteiger partial charge in [0.1, 0.15) is 0 Å². The summed E-state index contributed by atoms with van der Waals surface area (Å²) in [6.45, 7) is 1.97. The molecule has 1 aromatic rings. The number of hydrogen-bond donors (Lipinski definition) is 2. The lowest BCUT2D eigenvalue weighted by Crippen LogP contribution is -2.45. The Labute approximate surface area is 116 Å². The zero-order valence-electron chi connectivity index (χ0n) is 10.4. The lowest BCUT2D eigenvalue weighted by atomic mass is 10.1. The van der Waals surface area contributed by atoms with Gasteiger partial charge in [-0.15, -0.1) is 0 Å². The number of amides is 1. The van der Waals surface area contributed by atoms with Crippen LogP contribution in [0.5, 0.6) is 11.5 Å². The van der Waals surface area contributed by atoms with Gasteiger partial charge in [0, 0.05) is 18.2 Å². The molecule has 1 fully saturated rings. The first kappa shape index (κ1) is 12.6. The predicted molar refractivity (Wildman–Crippen MR) is 70.9 cm³/mol. The summed E-state index contributed by atoms with van der Waals surface area (Å²) >= 11 is 6.06. The van der Waals surface area contributed by atoms with Gasteiger partial charge in [0.25, 0.3) is 5.91 Å². The Kier molecular flexibility index (Phi) is 3.48. The minimum Gasteiger partial charge on any atom is -0.454 e. The van der Waals surface area contributed by atoms with Crippen molar-refractivity contribution in [3.05, 3.63) is 22.7 Å². The molecule has 0 bridgehead atoms. The van der Waals surface area contributed by atoms with Crippen molar-refractivity contribution >= 4 is 17.5 Å². The van der Waals surface area contributed by atoms with Crippen LogP contribution in [0.1, 0.15) is 23.2 Å². The normalized spacial score (nSPS) is 21.2. The van der Waals surface area contributed by atoms with Gasteiger partial charge in [0.15, 0.2) is 11.5 Å². The van der Waals surface area contributed by atoms with E-state index in [9.17, 15) is 4.79 Å². The molecule has 0 spiro atoms. The van der Waals surface area contributed by atoms with E-state index in [0.29, 0.717) is 22.1 Å². The molecule has 102 valence electrons. The van der Waals surface area contributed by atoms with E-state index < -0.39 is 0 Å². The van der Waals surface area contributed by atoms with Crippen molar-refractivity contribution < 1.29 is 14.3 Å². The molecule has 2 N–H and O–H groups in total. The Morgan fingerprint density at radius 3 is 3.11 bits per heavy atom. The fourth-order valence-electron chi connectivity index (χ4n) is 2.34. The van der Waals surface area contributed by atoms with E-state index in [-0.39, 0.29) is 18.7 Å². The molecular formula is C13H15ClN2O3. The minimum atomic E-state index is -0.131. The van der Waals surface area contributed by atoms with Gasteiger partial charge in [0.05, 0.1) is 5.02 Å². The fraction of sp³-hybridized carbons (Fsp3) is 0.462. The maximum atomic E-state index is 12.2. The second kappa shape index (κ2) is 5.27. The van der Waals surface area contributed by atoms with Crippen molar-refractivity contribution in [2.45, 2.75) is 18.9 Å². The van der Waals surface area contributed by atoms with Gasteiger partial charge in [-0.25, -0.2) is 0 Å². The molecule has 5 nitrogen and oxygen atoms in total. The number of fused-ring (bicyclic) bond motifs is 1. The van der Waals surface area contributed by atoms with Crippen LogP contribution < -0.4 is 20.1 Å². The fourth-order valence-corrected chi connectivity index (χ4v) is 2.61. The summed E-state index contributed by atoms with van der Waals surface area (Å²) in [6.07, 6.45) is 2.07. The van der Waals surface area contributed by atoms with Crippen molar-refractivity contribution in [1.29, 1.82) is 0 Å². The van der Waals surface area contributed by atoms with E-state index in [1.165, 1.54) is 0 Å². The lowest BCUT2D eigenvalue weighted by Gasteiger charge is -2.23. The van der Waals surface area contributed by atoms with E-state index in [2.05, 4.69) is 10.6 Å². The number of carbonyl (C=O) groups excluding carboxylic acids is 1. The molecule has 2 heterocycles. The molecule has 0 aromatic heterocycles. The molecular weight excluding hydrogens is 268 g/mol. The smallest absolute Gasteiger partial charge is 0.251 e. The highest BCUT2D eigenvalue weighted by molar-refractivity contribution is 6.32. The summed E-state index contributed by atoms with van der Waals surface area (Å²) in [5.41, 5.74) is 0.500. The second-order valence-electron chi connectivity index (χ2n) is 4.71. The van der Waals surface area contributed by atoms with Crippen molar-refractivity contribution in [3.63, 3.8) is 0 Å². The van der Waals surface area contributed by atoms with Crippen LogP contribution in [0.3, 0.4) is 0 Å². The monoisotopic (exact) mass is 282 g/mol. The quantitative estimate of drug-likeness (QED) is 0.864.